The van der Waals surface area contributed by atoms with E-state index in [4.69, 9.17) is 0 Å². The first-order chi connectivity index (χ1) is 5.86. The maximum absolute atomic E-state index is 10.9. The molecule has 0 aromatic carbocycles. The smallest absolute Gasteiger partial charge is 0.212 e. The van der Waals surface area contributed by atoms with Crippen molar-refractivity contribution in [2.45, 2.75) is 5.25 Å². The lowest BCUT2D eigenvalue weighted by molar-refractivity contribution is -0.106. The zero-order chi connectivity index (χ0) is 8.39. The van der Waals surface area contributed by atoms with Crippen molar-refractivity contribution >= 4 is 16.9 Å². The van der Waals surface area contributed by atoms with Gasteiger partial charge in [0.25, 0.3) is 0 Å². The Labute approximate surface area is 74.7 Å². The fourth-order valence-electron chi connectivity index (χ4n) is 1.07. The Morgan fingerprint density at radius 1 is 1.42 bits per heavy atom. The first-order valence-corrected chi connectivity index (χ1v) is 4.54. The lowest BCUT2D eigenvalue weighted by Crippen LogP contribution is -1.90. The number of nitrogens with zero attached hydrogens (tertiary/aromatic N) is 1. The highest BCUT2D eigenvalue weighted by Crippen LogP contribution is 2.34. The lowest BCUT2D eigenvalue weighted by atomic mass is 10.2. The molecule has 0 fully saturated rings. The van der Waals surface area contributed by atoms with E-state index in [0.717, 1.165) is 5.69 Å². The van der Waals surface area contributed by atoms with E-state index < -0.39 is 0 Å². The monoisotopic (exact) mass is 177 g/mol. The zero-order valence-corrected chi connectivity index (χ0v) is 7.12. The van der Waals surface area contributed by atoms with Crippen LogP contribution in [0.4, 0.5) is 0 Å². The van der Waals surface area contributed by atoms with E-state index in [1.54, 1.807) is 12.3 Å². The van der Waals surface area contributed by atoms with Gasteiger partial charge in [-0.05, 0) is 18.2 Å². The van der Waals surface area contributed by atoms with Gasteiger partial charge in [0.1, 0.15) is 0 Å². The number of hydrogen-bond acceptors (Lipinski definition) is 3. The molecule has 1 unspecified atom stereocenters. The Morgan fingerprint density at radius 3 is 2.92 bits per heavy atom. The number of thioether (sulfide) groups is 1. The molecule has 0 saturated carbocycles. The van der Waals surface area contributed by atoms with Crippen molar-refractivity contribution in [3.8, 4) is 0 Å². The summed E-state index contributed by atoms with van der Waals surface area (Å²) in [5, 5.41) is 0.240. The minimum Gasteiger partial charge on any atom is -0.282 e. The SMILES string of the molecule is O=C1C=CC(c2ccccn2)S1. The van der Waals surface area contributed by atoms with Crippen molar-refractivity contribution in [2.24, 2.45) is 0 Å². The summed E-state index contributed by atoms with van der Waals surface area (Å²) in [6.45, 7) is 0. The van der Waals surface area contributed by atoms with Crippen LogP contribution in [0.3, 0.4) is 0 Å². The molecule has 12 heavy (non-hydrogen) atoms. The molecule has 60 valence electrons. The second kappa shape index (κ2) is 3.11. The second-order valence-corrected chi connectivity index (χ2v) is 3.62. The summed E-state index contributed by atoms with van der Waals surface area (Å²) in [4.78, 5) is 15.0. The van der Waals surface area contributed by atoms with E-state index >= 15 is 0 Å². The Kier molecular flexibility index (Phi) is 1.96. The number of pyridine rings is 1. The maximum Gasteiger partial charge on any atom is 0.212 e. The topological polar surface area (TPSA) is 30.0 Å². The quantitative estimate of drug-likeness (QED) is 0.656. The van der Waals surface area contributed by atoms with E-state index in [9.17, 15) is 4.79 Å². The standard InChI is InChI=1S/C9H7NOS/c11-9-5-4-8(12-9)7-3-1-2-6-10-7/h1-6,8H. The molecule has 0 bridgehead atoms. The summed E-state index contributed by atoms with van der Waals surface area (Å²) in [6.07, 6.45) is 5.23. The highest BCUT2D eigenvalue weighted by molar-refractivity contribution is 8.14. The van der Waals surface area contributed by atoms with Crippen LogP contribution in [-0.2, 0) is 4.79 Å². The Morgan fingerprint density at radius 2 is 2.33 bits per heavy atom. The molecule has 3 heteroatoms. The van der Waals surface area contributed by atoms with E-state index in [2.05, 4.69) is 4.98 Å². The van der Waals surface area contributed by atoms with Crippen molar-refractivity contribution in [1.82, 2.24) is 4.98 Å². The van der Waals surface area contributed by atoms with Crippen LogP contribution in [0.25, 0.3) is 0 Å². The number of rotatable bonds is 1. The molecule has 0 radical (unpaired) electrons. The van der Waals surface area contributed by atoms with E-state index in [1.165, 1.54) is 11.8 Å². The van der Waals surface area contributed by atoms with Gasteiger partial charge in [0, 0.05) is 6.20 Å². The predicted octanol–water partition coefficient (Wildman–Crippen LogP) is 1.95. The fourth-order valence-corrected chi connectivity index (χ4v) is 1.90. The third kappa shape index (κ3) is 1.41. The molecule has 1 aliphatic rings. The third-order valence-electron chi connectivity index (χ3n) is 1.63. The van der Waals surface area contributed by atoms with Crippen molar-refractivity contribution in [3.63, 3.8) is 0 Å². The van der Waals surface area contributed by atoms with E-state index in [-0.39, 0.29) is 10.4 Å². The Balaban J connectivity index is 2.23. The number of carbonyl (C=O) groups excluding carboxylic acids is 1. The van der Waals surface area contributed by atoms with Gasteiger partial charge >= 0.3 is 0 Å². The zero-order valence-electron chi connectivity index (χ0n) is 6.31. The number of hydrogen-bond donors (Lipinski definition) is 0. The highest BCUT2D eigenvalue weighted by atomic mass is 32.2. The average Bonchev–Trinajstić information content (AvgIpc) is 2.54. The highest BCUT2D eigenvalue weighted by Gasteiger charge is 2.18. The van der Waals surface area contributed by atoms with Crippen LogP contribution in [0.2, 0.25) is 0 Å². The molecule has 2 rings (SSSR count). The summed E-state index contributed by atoms with van der Waals surface area (Å²) in [6, 6.07) is 5.73. The van der Waals surface area contributed by atoms with Gasteiger partial charge in [-0.1, -0.05) is 23.9 Å². The summed E-state index contributed by atoms with van der Waals surface area (Å²) in [5.74, 6) is 0. The van der Waals surface area contributed by atoms with Crippen LogP contribution in [0, 0.1) is 0 Å². The summed E-state index contributed by atoms with van der Waals surface area (Å²) >= 11 is 1.31. The van der Waals surface area contributed by atoms with Crippen LogP contribution in [0.1, 0.15) is 10.9 Å². The molecular weight excluding hydrogens is 170 g/mol. The Hall–Kier alpha value is -1.09. The Bertz CT molecular complexity index is 321. The molecule has 0 saturated heterocycles. The molecule has 0 spiro atoms. The summed E-state index contributed by atoms with van der Waals surface area (Å²) in [7, 11) is 0. The molecule has 2 heterocycles. The second-order valence-electron chi connectivity index (χ2n) is 2.47. The van der Waals surface area contributed by atoms with Gasteiger partial charge in [-0.15, -0.1) is 0 Å². The van der Waals surface area contributed by atoms with Crippen molar-refractivity contribution in [1.29, 1.82) is 0 Å². The van der Waals surface area contributed by atoms with Crippen molar-refractivity contribution in [2.75, 3.05) is 0 Å². The molecule has 1 aromatic heterocycles. The van der Waals surface area contributed by atoms with Crippen LogP contribution in [-0.4, -0.2) is 10.1 Å². The molecule has 1 aliphatic heterocycles. The average molecular weight is 177 g/mol. The largest absolute Gasteiger partial charge is 0.282 e. The van der Waals surface area contributed by atoms with Gasteiger partial charge in [0.15, 0.2) is 0 Å². The van der Waals surface area contributed by atoms with E-state index in [0.29, 0.717) is 0 Å². The van der Waals surface area contributed by atoms with Crippen LogP contribution in [0.5, 0.6) is 0 Å². The van der Waals surface area contributed by atoms with Gasteiger partial charge in [0.05, 0.1) is 10.9 Å². The van der Waals surface area contributed by atoms with Gasteiger partial charge in [-0.2, -0.15) is 0 Å². The van der Waals surface area contributed by atoms with Gasteiger partial charge in [-0.25, -0.2) is 0 Å². The summed E-state index contributed by atoms with van der Waals surface area (Å²) < 4.78 is 0. The minimum absolute atomic E-state index is 0.116. The van der Waals surface area contributed by atoms with Gasteiger partial charge in [0.2, 0.25) is 5.12 Å². The fraction of sp³-hybridized carbons (Fsp3) is 0.111. The molecule has 1 aromatic rings. The normalized spacial score (nSPS) is 21.7. The minimum atomic E-state index is 0.116. The lowest BCUT2D eigenvalue weighted by Gasteiger charge is -2.03. The molecule has 0 N–H and O–H groups in total. The van der Waals surface area contributed by atoms with Crippen LogP contribution in [0.15, 0.2) is 36.5 Å². The van der Waals surface area contributed by atoms with Gasteiger partial charge < -0.3 is 0 Å². The maximum atomic E-state index is 10.9. The van der Waals surface area contributed by atoms with Crippen LogP contribution < -0.4 is 0 Å². The predicted molar refractivity (Wildman–Crippen MR) is 48.7 cm³/mol. The number of carbonyl (C=O) groups is 1. The first-order valence-electron chi connectivity index (χ1n) is 3.66. The summed E-state index contributed by atoms with van der Waals surface area (Å²) in [5.41, 5.74) is 0.949. The molecule has 2 nitrogen and oxygen atoms in total. The van der Waals surface area contributed by atoms with Gasteiger partial charge in [-0.3, -0.25) is 9.78 Å². The third-order valence-corrected chi connectivity index (χ3v) is 2.65. The molecule has 0 aliphatic carbocycles. The molecule has 0 amide bonds. The first kappa shape index (κ1) is 7.55. The van der Waals surface area contributed by atoms with Crippen molar-refractivity contribution < 1.29 is 4.79 Å². The molecular formula is C9H7NOS. The van der Waals surface area contributed by atoms with Crippen molar-refractivity contribution in [3.05, 3.63) is 42.2 Å². The van der Waals surface area contributed by atoms with E-state index in [1.807, 2.05) is 24.3 Å². The van der Waals surface area contributed by atoms with Crippen LogP contribution >= 0.6 is 11.8 Å². The molecule has 1 atom stereocenters. The number of aromatic nitrogens is 1.